The van der Waals surface area contributed by atoms with Crippen molar-refractivity contribution in [3.63, 3.8) is 0 Å². The summed E-state index contributed by atoms with van der Waals surface area (Å²) in [7, 11) is 0. The molecule has 142 valence electrons. The van der Waals surface area contributed by atoms with Crippen LogP contribution in [0.5, 0.6) is 0 Å². The van der Waals surface area contributed by atoms with Gasteiger partial charge in [0.15, 0.2) is 0 Å². The number of hydrogen-bond donors (Lipinski definition) is 1. The first-order valence-corrected chi connectivity index (χ1v) is 10.5. The van der Waals surface area contributed by atoms with E-state index in [0.717, 1.165) is 25.0 Å². The zero-order valence-corrected chi connectivity index (χ0v) is 16.9. The van der Waals surface area contributed by atoms with Crippen LogP contribution in [0.3, 0.4) is 0 Å². The van der Waals surface area contributed by atoms with Crippen LogP contribution in [0.25, 0.3) is 0 Å². The minimum atomic E-state index is -0.499. The van der Waals surface area contributed by atoms with E-state index in [1.807, 2.05) is 6.20 Å². The molecule has 1 aromatic heterocycles. The first kappa shape index (κ1) is 17.0. The van der Waals surface area contributed by atoms with Gasteiger partial charge in [0.05, 0.1) is 11.8 Å². The molecule has 3 heteroatoms. The van der Waals surface area contributed by atoms with E-state index in [1.54, 1.807) is 5.57 Å². The van der Waals surface area contributed by atoms with E-state index in [4.69, 9.17) is 4.52 Å². The fourth-order valence-corrected chi connectivity index (χ4v) is 7.95. The van der Waals surface area contributed by atoms with Gasteiger partial charge < -0.3 is 9.63 Å². The van der Waals surface area contributed by atoms with Crippen LogP contribution in [-0.2, 0) is 11.8 Å². The van der Waals surface area contributed by atoms with E-state index in [2.05, 4.69) is 45.9 Å². The summed E-state index contributed by atoms with van der Waals surface area (Å²) in [4.78, 5) is 0. The molecule has 2 saturated carbocycles. The van der Waals surface area contributed by atoms with Crippen LogP contribution in [0.1, 0.15) is 78.0 Å². The van der Waals surface area contributed by atoms with E-state index < -0.39 is 5.60 Å². The average Bonchev–Trinajstić information content (AvgIpc) is 3.10. The highest BCUT2D eigenvalue weighted by atomic mass is 16.5. The number of rotatable bonds is 0. The van der Waals surface area contributed by atoms with Crippen molar-refractivity contribution in [2.45, 2.75) is 84.2 Å². The summed E-state index contributed by atoms with van der Waals surface area (Å²) in [5.41, 5.74) is 2.60. The van der Waals surface area contributed by atoms with E-state index >= 15 is 0 Å². The smallest absolute Gasteiger partial charge is 0.149 e. The number of nitrogens with zero attached hydrogens (tertiary/aromatic N) is 1. The molecule has 5 rings (SSSR count). The third kappa shape index (κ3) is 1.81. The SMILES string of the molecule is CC1(C)C2=CCC3[C@H]4CC[C@](C)(O)C4(C)CC[C@@H]3C2(C)Cc2cnoc21. The van der Waals surface area contributed by atoms with E-state index in [1.165, 1.54) is 24.8 Å². The van der Waals surface area contributed by atoms with Gasteiger partial charge >= 0.3 is 0 Å². The van der Waals surface area contributed by atoms with Gasteiger partial charge in [0.1, 0.15) is 5.76 Å². The van der Waals surface area contributed by atoms with E-state index in [-0.39, 0.29) is 16.2 Å². The Balaban J connectivity index is 1.60. The number of allylic oxidation sites excluding steroid dienone is 2. The van der Waals surface area contributed by atoms with Crippen molar-refractivity contribution >= 4 is 0 Å². The molecule has 0 aromatic carbocycles. The molecule has 0 bridgehead atoms. The molecule has 1 aromatic rings. The van der Waals surface area contributed by atoms with Crippen molar-refractivity contribution in [2.24, 2.45) is 28.6 Å². The maximum atomic E-state index is 11.1. The van der Waals surface area contributed by atoms with Gasteiger partial charge in [-0.05, 0) is 87.9 Å². The molecule has 0 aliphatic heterocycles. The van der Waals surface area contributed by atoms with Crippen molar-refractivity contribution < 1.29 is 9.63 Å². The number of fused-ring (bicyclic) bond motifs is 6. The molecule has 0 radical (unpaired) electrons. The standard InChI is InChI=1S/C23H33NO2/c1-20(2)18-7-6-15-16(21(18,3)12-14-13-24-26-19(14)20)8-10-22(4)17(15)9-11-23(22,5)25/h7,13,15-17,25H,6,8-12H2,1-5H3/t15?,16-,17+,21?,22?,23-/m0/s1. The van der Waals surface area contributed by atoms with Crippen LogP contribution < -0.4 is 0 Å². The summed E-state index contributed by atoms with van der Waals surface area (Å²) in [5, 5.41) is 15.2. The van der Waals surface area contributed by atoms with Gasteiger partial charge in [-0.2, -0.15) is 0 Å². The Kier molecular flexibility index (Phi) is 3.17. The molecule has 1 N–H and O–H groups in total. The summed E-state index contributed by atoms with van der Waals surface area (Å²) in [5.74, 6) is 3.13. The predicted octanol–water partition coefficient (Wildman–Crippen LogP) is 5.04. The van der Waals surface area contributed by atoms with Gasteiger partial charge in [0.25, 0.3) is 0 Å². The lowest BCUT2D eigenvalue weighted by atomic mass is 9.44. The second kappa shape index (κ2) is 4.84. The van der Waals surface area contributed by atoms with Crippen molar-refractivity contribution in [3.05, 3.63) is 29.2 Å². The van der Waals surface area contributed by atoms with Gasteiger partial charge in [0.2, 0.25) is 0 Å². The molecular weight excluding hydrogens is 322 g/mol. The topological polar surface area (TPSA) is 46.3 Å². The lowest BCUT2D eigenvalue weighted by Gasteiger charge is -2.60. The normalized spacial score (nSPS) is 48.8. The average molecular weight is 356 g/mol. The zero-order chi connectivity index (χ0) is 18.5. The van der Waals surface area contributed by atoms with Crippen molar-refractivity contribution in [2.75, 3.05) is 0 Å². The number of aromatic nitrogens is 1. The third-order valence-corrected chi connectivity index (χ3v) is 9.47. The molecular formula is C23H33NO2. The lowest BCUT2D eigenvalue weighted by Crippen LogP contribution is -2.55. The number of hydrogen-bond acceptors (Lipinski definition) is 3. The van der Waals surface area contributed by atoms with Crippen molar-refractivity contribution in [3.8, 4) is 0 Å². The Morgan fingerprint density at radius 3 is 2.58 bits per heavy atom. The Morgan fingerprint density at radius 2 is 1.81 bits per heavy atom. The van der Waals surface area contributed by atoms with Crippen molar-refractivity contribution in [1.82, 2.24) is 5.16 Å². The fraction of sp³-hybridized carbons (Fsp3) is 0.783. The van der Waals surface area contributed by atoms with Gasteiger partial charge in [-0.3, -0.25) is 0 Å². The van der Waals surface area contributed by atoms with Crippen LogP contribution in [0.15, 0.2) is 22.4 Å². The third-order valence-electron chi connectivity index (χ3n) is 9.47. The largest absolute Gasteiger partial charge is 0.390 e. The highest BCUT2D eigenvalue weighted by Crippen LogP contribution is 2.68. The van der Waals surface area contributed by atoms with Crippen LogP contribution in [0.4, 0.5) is 0 Å². The summed E-state index contributed by atoms with van der Waals surface area (Å²) in [6.45, 7) is 11.6. The molecule has 26 heavy (non-hydrogen) atoms. The zero-order valence-electron chi connectivity index (χ0n) is 16.9. The van der Waals surface area contributed by atoms with Gasteiger partial charge in [-0.1, -0.05) is 30.7 Å². The minimum Gasteiger partial charge on any atom is -0.390 e. The Bertz CT molecular complexity index is 788. The highest BCUT2D eigenvalue weighted by Gasteiger charge is 2.63. The van der Waals surface area contributed by atoms with E-state index in [0.29, 0.717) is 17.8 Å². The Labute approximate surface area is 157 Å². The monoisotopic (exact) mass is 355 g/mol. The van der Waals surface area contributed by atoms with Crippen LogP contribution in [-0.4, -0.2) is 15.9 Å². The molecule has 3 nitrogen and oxygen atoms in total. The predicted molar refractivity (Wildman–Crippen MR) is 102 cm³/mol. The summed E-state index contributed by atoms with van der Waals surface area (Å²) >= 11 is 0. The van der Waals surface area contributed by atoms with Gasteiger partial charge in [-0.25, -0.2) is 0 Å². The van der Waals surface area contributed by atoms with Crippen LogP contribution in [0, 0.1) is 28.6 Å². The molecule has 0 saturated heterocycles. The summed E-state index contributed by atoms with van der Waals surface area (Å²) < 4.78 is 5.69. The molecule has 2 fully saturated rings. The molecule has 4 aliphatic rings. The first-order valence-electron chi connectivity index (χ1n) is 10.5. The molecule has 0 spiro atoms. The molecule has 6 atom stereocenters. The summed E-state index contributed by atoms with van der Waals surface area (Å²) in [6.07, 6.45) is 11.3. The summed E-state index contributed by atoms with van der Waals surface area (Å²) in [6, 6.07) is 0. The van der Waals surface area contributed by atoms with E-state index in [9.17, 15) is 5.11 Å². The van der Waals surface area contributed by atoms with Crippen LogP contribution in [0.2, 0.25) is 0 Å². The first-order chi connectivity index (χ1) is 12.1. The highest BCUT2D eigenvalue weighted by molar-refractivity contribution is 5.44. The second-order valence-electron chi connectivity index (χ2n) is 10.9. The van der Waals surface area contributed by atoms with Gasteiger partial charge in [0, 0.05) is 11.0 Å². The molecule has 3 unspecified atom stereocenters. The second-order valence-corrected chi connectivity index (χ2v) is 10.9. The van der Waals surface area contributed by atoms with Gasteiger partial charge in [-0.15, -0.1) is 0 Å². The maximum Gasteiger partial charge on any atom is 0.149 e. The molecule has 4 aliphatic carbocycles. The molecule has 1 heterocycles. The lowest BCUT2D eigenvalue weighted by molar-refractivity contribution is -0.113. The number of aliphatic hydroxyl groups is 1. The molecule has 0 amide bonds. The minimum absolute atomic E-state index is 0.0638. The maximum absolute atomic E-state index is 11.1. The van der Waals surface area contributed by atoms with Crippen molar-refractivity contribution in [1.29, 1.82) is 0 Å². The quantitative estimate of drug-likeness (QED) is 0.663. The Hall–Kier alpha value is -1.09. The Morgan fingerprint density at radius 1 is 1.08 bits per heavy atom. The van der Waals surface area contributed by atoms with Crippen LogP contribution >= 0.6 is 0 Å². The fourth-order valence-electron chi connectivity index (χ4n) is 7.95.